The van der Waals surface area contributed by atoms with E-state index in [1.54, 1.807) is 36.3 Å². The summed E-state index contributed by atoms with van der Waals surface area (Å²) in [5.41, 5.74) is 2.73. The van der Waals surface area contributed by atoms with Crippen LogP contribution in [0.1, 0.15) is 23.7 Å². The smallest absolute Gasteiger partial charge is 0.317 e. The maximum atomic E-state index is 13.5. The lowest BCUT2D eigenvalue weighted by Gasteiger charge is -2.25. The number of carbonyl (C=O) groups is 1. The molecule has 0 spiro atoms. The van der Waals surface area contributed by atoms with Gasteiger partial charge in [0.1, 0.15) is 5.82 Å². The molecule has 0 saturated heterocycles. The third-order valence-electron chi connectivity index (χ3n) is 4.09. The van der Waals surface area contributed by atoms with Gasteiger partial charge in [-0.15, -0.1) is 0 Å². The molecule has 4 nitrogen and oxygen atoms in total. The predicted octanol–water partition coefficient (Wildman–Crippen LogP) is 3.34. The summed E-state index contributed by atoms with van der Waals surface area (Å²) in [6.07, 6.45) is 2.95. The topological polar surface area (TPSA) is 45.2 Å². The van der Waals surface area contributed by atoms with Crippen LogP contribution in [0.25, 0.3) is 0 Å². The van der Waals surface area contributed by atoms with Crippen LogP contribution >= 0.6 is 0 Å². The average molecular weight is 329 g/mol. The molecule has 1 heterocycles. The Bertz CT molecular complexity index is 690. The Morgan fingerprint density at radius 2 is 2.08 bits per heavy atom. The molecule has 0 radical (unpaired) electrons. The van der Waals surface area contributed by atoms with E-state index in [1.165, 1.54) is 6.07 Å². The molecule has 1 unspecified atom stereocenters. The first kappa shape index (κ1) is 17.9. The molecule has 2 amide bonds. The van der Waals surface area contributed by atoms with Crippen molar-refractivity contribution in [1.29, 1.82) is 0 Å². The summed E-state index contributed by atoms with van der Waals surface area (Å²) in [7, 11) is 1.76. The van der Waals surface area contributed by atoms with Gasteiger partial charge in [0.05, 0.1) is 0 Å². The monoisotopic (exact) mass is 329 g/mol. The van der Waals surface area contributed by atoms with Crippen molar-refractivity contribution in [1.82, 2.24) is 15.2 Å². The number of urea groups is 1. The Kier molecular flexibility index (Phi) is 6.29. The number of carbonyl (C=O) groups excluding carboxylic acids is 1. The molecule has 1 aromatic heterocycles. The van der Waals surface area contributed by atoms with Gasteiger partial charge in [-0.3, -0.25) is 4.98 Å². The van der Waals surface area contributed by atoms with Crippen molar-refractivity contribution in [3.8, 4) is 0 Å². The van der Waals surface area contributed by atoms with Gasteiger partial charge in [0.15, 0.2) is 0 Å². The normalized spacial score (nSPS) is 11.8. The van der Waals surface area contributed by atoms with Crippen molar-refractivity contribution in [3.05, 3.63) is 65.2 Å². The highest BCUT2D eigenvalue weighted by atomic mass is 19.1. The lowest BCUT2D eigenvalue weighted by atomic mass is 10.1. The molecule has 2 rings (SSSR count). The van der Waals surface area contributed by atoms with Gasteiger partial charge in [-0.1, -0.05) is 18.2 Å². The van der Waals surface area contributed by atoms with Gasteiger partial charge in [-0.05, 0) is 49.6 Å². The molecular weight excluding hydrogens is 305 g/mol. The van der Waals surface area contributed by atoms with E-state index in [2.05, 4.69) is 10.3 Å². The Labute approximate surface area is 142 Å². The zero-order valence-electron chi connectivity index (χ0n) is 14.4. The largest absolute Gasteiger partial charge is 0.338 e. The van der Waals surface area contributed by atoms with E-state index in [4.69, 9.17) is 0 Å². The van der Waals surface area contributed by atoms with Gasteiger partial charge in [0.2, 0.25) is 0 Å². The van der Waals surface area contributed by atoms with E-state index in [-0.39, 0.29) is 17.9 Å². The first-order valence-corrected chi connectivity index (χ1v) is 8.13. The molecule has 2 aromatic rings. The van der Waals surface area contributed by atoms with Gasteiger partial charge in [-0.25, -0.2) is 9.18 Å². The number of likely N-dealkylation sites (N-methyl/N-ethyl adjacent to an activating group) is 1. The van der Waals surface area contributed by atoms with Crippen LogP contribution < -0.4 is 5.32 Å². The Morgan fingerprint density at radius 3 is 2.79 bits per heavy atom. The molecule has 0 aliphatic carbocycles. The molecule has 0 aliphatic heterocycles. The second-order valence-corrected chi connectivity index (χ2v) is 6.06. The van der Waals surface area contributed by atoms with Crippen LogP contribution in [0.3, 0.4) is 0 Å². The fourth-order valence-corrected chi connectivity index (χ4v) is 2.48. The number of aryl methyl sites for hydroxylation is 1. The minimum Gasteiger partial charge on any atom is -0.338 e. The number of amides is 2. The fraction of sp³-hybridized carbons (Fsp3) is 0.368. The molecule has 0 fully saturated rings. The highest BCUT2D eigenvalue weighted by Crippen LogP contribution is 2.08. The number of aromatic nitrogens is 1. The number of halogens is 1. The van der Waals surface area contributed by atoms with Crippen molar-refractivity contribution in [2.75, 3.05) is 13.6 Å². The van der Waals surface area contributed by atoms with Crippen molar-refractivity contribution >= 4 is 6.03 Å². The molecule has 1 atom stereocenters. The van der Waals surface area contributed by atoms with E-state index in [0.717, 1.165) is 11.3 Å². The molecule has 1 aromatic carbocycles. The standard InChI is InChI=1S/C19H24FN3O/c1-14-8-10-21-17(12-14)13-15(2)23(3)19(24)22-11-9-16-6-4-5-7-18(16)20/h4-8,10,12,15H,9,11,13H2,1-3H3,(H,22,24). The SMILES string of the molecule is Cc1ccnc(CC(C)N(C)C(=O)NCCc2ccccc2F)c1. The highest BCUT2D eigenvalue weighted by molar-refractivity contribution is 5.74. The van der Waals surface area contributed by atoms with E-state index < -0.39 is 0 Å². The summed E-state index contributed by atoms with van der Waals surface area (Å²) in [5.74, 6) is -0.237. The third kappa shape index (κ3) is 5.05. The van der Waals surface area contributed by atoms with Gasteiger partial charge in [0, 0.05) is 37.9 Å². The molecule has 24 heavy (non-hydrogen) atoms. The average Bonchev–Trinajstić information content (AvgIpc) is 2.55. The van der Waals surface area contributed by atoms with Crippen LogP contribution in [0.2, 0.25) is 0 Å². The zero-order valence-corrected chi connectivity index (χ0v) is 14.4. The van der Waals surface area contributed by atoms with Crippen LogP contribution in [-0.4, -0.2) is 35.5 Å². The summed E-state index contributed by atoms with van der Waals surface area (Å²) < 4.78 is 13.5. The fourth-order valence-electron chi connectivity index (χ4n) is 2.48. The van der Waals surface area contributed by atoms with E-state index in [9.17, 15) is 9.18 Å². The predicted molar refractivity (Wildman–Crippen MR) is 93.4 cm³/mol. The summed E-state index contributed by atoms with van der Waals surface area (Å²) in [6, 6.07) is 10.5. The number of nitrogens with one attached hydrogen (secondary N) is 1. The second-order valence-electron chi connectivity index (χ2n) is 6.06. The molecule has 1 N–H and O–H groups in total. The number of benzene rings is 1. The number of rotatable bonds is 6. The van der Waals surface area contributed by atoms with Crippen LogP contribution in [0, 0.1) is 12.7 Å². The minimum absolute atomic E-state index is 0.0211. The molecule has 0 bridgehead atoms. The van der Waals surface area contributed by atoms with Crippen molar-refractivity contribution in [3.63, 3.8) is 0 Å². The van der Waals surface area contributed by atoms with Crippen LogP contribution in [0.15, 0.2) is 42.6 Å². The Hall–Kier alpha value is -2.43. The van der Waals surface area contributed by atoms with Gasteiger partial charge in [0.25, 0.3) is 0 Å². The summed E-state index contributed by atoms with van der Waals surface area (Å²) in [6.45, 7) is 4.41. The molecule has 5 heteroatoms. The third-order valence-corrected chi connectivity index (χ3v) is 4.09. The van der Waals surface area contributed by atoms with E-state index >= 15 is 0 Å². The number of pyridine rings is 1. The quantitative estimate of drug-likeness (QED) is 0.883. The Balaban J connectivity index is 1.82. The maximum absolute atomic E-state index is 13.5. The lowest BCUT2D eigenvalue weighted by Crippen LogP contribution is -2.44. The first-order chi connectivity index (χ1) is 11.5. The summed E-state index contributed by atoms with van der Waals surface area (Å²) >= 11 is 0. The van der Waals surface area contributed by atoms with Gasteiger partial charge >= 0.3 is 6.03 Å². The second kappa shape index (κ2) is 8.43. The molecule has 128 valence electrons. The number of nitrogens with zero attached hydrogens (tertiary/aromatic N) is 2. The number of hydrogen-bond donors (Lipinski definition) is 1. The van der Waals surface area contributed by atoms with Crippen LogP contribution in [0.5, 0.6) is 0 Å². The van der Waals surface area contributed by atoms with Gasteiger partial charge < -0.3 is 10.2 Å². The Morgan fingerprint density at radius 1 is 1.33 bits per heavy atom. The minimum atomic E-state index is -0.237. The highest BCUT2D eigenvalue weighted by Gasteiger charge is 2.16. The van der Waals surface area contributed by atoms with Crippen molar-refractivity contribution in [2.45, 2.75) is 32.7 Å². The zero-order chi connectivity index (χ0) is 17.5. The summed E-state index contributed by atoms with van der Waals surface area (Å²) in [4.78, 5) is 18.2. The molecular formula is C19H24FN3O. The molecule has 0 aliphatic rings. The molecule has 0 saturated carbocycles. The van der Waals surface area contributed by atoms with Crippen molar-refractivity contribution < 1.29 is 9.18 Å². The van der Waals surface area contributed by atoms with Gasteiger partial charge in [-0.2, -0.15) is 0 Å². The number of hydrogen-bond acceptors (Lipinski definition) is 2. The van der Waals surface area contributed by atoms with Crippen LogP contribution in [0.4, 0.5) is 9.18 Å². The van der Waals surface area contributed by atoms with Crippen molar-refractivity contribution in [2.24, 2.45) is 0 Å². The first-order valence-electron chi connectivity index (χ1n) is 8.13. The van der Waals surface area contributed by atoms with Crippen LogP contribution in [-0.2, 0) is 12.8 Å². The maximum Gasteiger partial charge on any atom is 0.317 e. The van der Waals surface area contributed by atoms with E-state index in [0.29, 0.717) is 24.9 Å². The summed E-state index contributed by atoms with van der Waals surface area (Å²) in [5, 5.41) is 2.84. The lowest BCUT2D eigenvalue weighted by molar-refractivity contribution is 0.193. The van der Waals surface area contributed by atoms with E-state index in [1.807, 2.05) is 26.0 Å².